The SMILES string of the molecule is CS(=O)(=O)Cc1cccc(NC(=O)C2(N)CCCC2)c1.Cl. The van der Waals surface area contributed by atoms with Gasteiger partial charge in [-0.25, -0.2) is 8.42 Å². The minimum atomic E-state index is -3.09. The summed E-state index contributed by atoms with van der Waals surface area (Å²) in [6.07, 6.45) is 4.52. The summed E-state index contributed by atoms with van der Waals surface area (Å²) >= 11 is 0. The van der Waals surface area contributed by atoms with Crippen LogP contribution >= 0.6 is 12.4 Å². The van der Waals surface area contributed by atoms with Gasteiger partial charge in [0.2, 0.25) is 5.91 Å². The summed E-state index contributed by atoms with van der Waals surface area (Å²) in [6, 6.07) is 6.87. The lowest BCUT2D eigenvalue weighted by atomic mass is 9.98. The van der Waals surface area contributed by atoms with E-state index >= 15 is 0 Å². The van der Waals surface area contributed by atoms with Crippen LogP contribution in [0.15, 0.2) is 24.3 Å². The van der Waals surface area contributed by atoms with Gasteiger partial charge in [0.25, 0.3) is 0 Å². The number of rotatable bonds is 4. The third kappa shape index (κ3) is 4.98. The molecule has 1 aromatic carbocycles. The molecular formula is C14H21ClN2O3S. The third-order valence-electron chi connectivity index (χ3n) is 3.56. The second-order valence-corrected chi connectivity index (χ2v) is 7.73. The molecule has 0 heterocycles. The minimum Gasteiger partial charge on any atom is -0.324 e. The van der Waals surface area contributed by atoms with Crippen LogP contribution in [0.5, 0.6) is 0 Å². The quantitative estimate of drug-likeness (QED) is 0.880. The van der Waals surface area contributed by atoms with Gasteiger partial charge in [-0.15, -0.1) is 12.4 Å². The summed E-state index contributed by atoms with van der Waals surface area (Å²) in [4.78, 5) is 12.2. The lowest BCUT2D eigenvalue weighted by molar-refractivity contribution is -0.121. The summed E-state index contributed by atoms with van der Waals surface area (Å²) in [6.45, 7) is 0. The van der Waals surface area contributed by atoms with Gasteiger partial charge in [-0.3, -0.25) is 4.79 Å². The van der Waals surface area contributed by atoms with Crippen molar-refractivity contribution in [1.82, 2.24) is 0 Å². The molecule has 0 spiro atoms. The van der Waals surface area contributed by atoms with Crippen molar-refractivity contribution in [3.63, 3.8) is 0 Å². The van der Waals surface area contributed by atoms with Crippen LogP contribution in [0, 0.1) is 0 Å². The monoisotopic (exact) mass is 332 g/mol. The molecule has 5 nitrogen and oxygen atoms in total. The molecule has 0 bridgehead atoms. The first kappa shape index (κ1) is 17.9. The smallest absolute Gasteiger partial charge is 0.244 e. The van der Waals surface area contributed by atoms with Gasteiger partial charge in [-0.05, 0) is 30.5 Å². The topological polar surface area (TPSA) is 89.3 Å². The zero-order chi connectivity index (χ0) is 14.8. The predicted octanol–water partition coefficient (Wildman–Crippen LogP) is 1.86. The number of carbonyl (C=O) groups is 1. The standard InChI is InChI=1S/C14H20N2O3S.ClH/c1-20(18,19)10-11-5-4-6-12(9-11)16-13(17)14(15)7-2-3-8-14;/h4-6,9H,2-3,7-8,10,15H2,1H3,(H,16,17);1H. The van der Waals surface area contributed by atoms with E-state index in [2.05, 4.69) is 5.32 Å². The highest BCUT2D eigenvalue weighted by molar-refractivity contribution is 7.89. The summed E-state index contributed by atoms with van der Waals surface area (Å²) in [5, 5.41) is 2.79. The van der Waals surface area contributed by atoms with Crippen LogP contribution in [0.1, 0.15) is 31.2 Å². The molecule has 1 aliphatic carbocycles. The number of anilines is 1. The van der Waals surface area contributed by atoms with Crippen LogP contribution in [0.3, 0.4) is 0 Å². The Morgan fingerprint density at radius 3 is 2.52 bits per heavy atom. The second-order valence-electron chi connectivity index (χ2n) is 5.59. The molecule has 0 radical (unpaired) electrons. The number of nitrogens with one attached hydrogen (secondary N) is 1. The molecule has 0 saturated heterocycles. The number of amides is 1. The lowest BCUT2D eigenvalue weighted by Gasteiger charge is -2.22. The Kier molecular flexibility index (Phi) is 5.78. The van der Waals surface area contributed by atoms with Crippen LogP contribution in [0.25, 0.3) is 0 Å². The van der Waals surface area contributed by atoms with Gasteiger partial charge in [0.1, 0.15) is 0 Å². The highest BCUT2D eigenvalue weighted by Gasteiger charge is 2.36. The molecule has 1 saturated carbocycles. The molecule has 0 aliphatic heterocycles. The number of halogens is 1. The molecule has 3 N–H and O–H groups in total. The maximum absolute atomic E-state index is 12.2. The fraction of sp³-hybridized carbons (Fsp3) is 0.500. The van der Waals surface area contributed by atoms with Gasteiger partial charge < -0.3 is 11.1 Å². The molecule has 1 amide bonds. The number of nitrogens with two attached hydrogens (primary N) is 1. The van der Waals surface area contributed by atoms with Gasteiger partial charge in [-0.1, -0.05) is 25.0 Å². The number of carbonyl (C=O) groups excluding carboxylic acids is 1. The Balaban J connectivity index is 0.00000220. The van der Waals surface area contributed by atoms with Crippen LogP contribution < -0.4 is 11.1 Å². The van der Waals surface area contributed by atoms with Gasteiger partial charge in [0, 0.05) is 11.9 Å². The molecule has 2 rings (SSSR count). The minimum absolute atomic E-state index is 0. The Morgan fingerprint density at radius 1 is 1.33 bits per heavy atom. The van der Waals surface area contributed by atoms with Gasteiger partial charge >= 0.3 is 0 Å². The van der Waals surface area contributed by atoms with Gasteiger partial charge in [0.05, 0.1) is 11.3 Å². The first-order valence-corrected chi connectivity index (χ1v) is 8.72. The molecule has 1 fully saturated rings. The number of benzene rings is 1. The first-order valence-electron chi connectivity index (χ1n) is 6.66. The van der Waals surface area contributed by atoms with Gasteiger partial charge in [0.15, 0.2) is 9.84 Å². The Morgan fingerprint density at radius 2 is 1.95 bits per heavy atom. The van der Waals surface area contributed by atoms with Crippen molar-refractivity contribution in [2.45, 2.75) is 37.0 Å². The van der Waals surface area contributed by atoms with E-state index in [1.165, 1.54) is 6.26 Å². The maximum Gasteiger partial charge on any atom is 0.244 e. The number of hydrogen-bond donors (Lipinski definition) is 2. The van der Waals surface area contributed by atoms with E-state index in [-0.39, 0.29) is 24.1 Å². The zero-order valence-corrected chi connectivity index (χ0v) is 13.6. The van der Waals surface area contributed by atoms with Crippen LogP contribution in [-0.2, 0) is 20.4 Å². The van der Waals surface area contributed by atoms with E-state index in [0.717, 1.165) is 12.8 Å². The largest absolute Gasteiger partial charge is 0.324 e. The molecule has 0 atom stereocenters. The van der Waals surface area contributed by atoms with E-state index in [1.807, 2.05) is 0 Å². The van der Waals surface area contributed by atoms with Crippen molar-refractivity contribution in [1.29, 1.82) is 0 Å². The summed E-state index contributed by atoms with van der Waals surface area (Å²) in [7, 11) is -3.09. The van der Waals surface area contributed by atoms with Crippen LogP contribution in [0.2, 0.25) is 0 Å². The van der Waals surface area contributed by atoms with Crippen molar-refractivity contribution in [3.8, 4) is 0 Å². The Bertz CT molecular complexity index is 610. The van der Waals surface area contributed by atoms with E-state index in [1.54, 1.807) is 24.3 Å². The summed E-state index contributed by atoms with van der Waals surface area (Å²) in [5.41, 5.74) is 6.54. The average molecular weight is 333 g/mol. The molecule has 118 valence electrons. The van der Waals surface area contributed by atoms with Crippen molar-refractivity contribution in [2.24, 2.45) is 5.73 Å². The molecule has 7 heteroatoms. The summed E-state index contributed by atoms with van der Waals surface area (Å²) in [5.74, 6) is -0.226. The molecule has 0 unspecified atom stereocenters. The van der Waals surface area contributed by atoms with E-state index in [0.29, 0.717) is 24.1 Å². The lowest BCUT2D eigenvalue weighted by Crippen LogP contribution is -2.48. The fourth-order valence-corrected chi connectivity index (χ4v) is 3.32. The number of sulfone groups is 1. The molecule has 0 aromatic heterocycles. The summed E-state index contributed by atoms with van der Waals surface area (Å²) < 4.78 is 22.6. The van der Waals surface area contributed by atoms with Crippen molar-refractivity contribution in [3.05, 3.63) is 29.8 Å². The first-order chi connectivity index (χ1) is 9.28. The second kappa shape index (κ2) is 6.77. The van der Waals surface area contributed by atoms with Crippen molar-refractivity contribution in [2.75, 3.05) is 11.6 Å². The van der Waals surface area contributed by atoms with Gasteiger partial charge in [-0.2, -0.15) is 0 Å². The van der Waals surface area contributed by atoms with Crippen LogP contribution in [0.4, 0.5) is 5.69 Å². The molecule has 21 heavy (non-hydrogen) atoms. The van der Waals surface area contributed by atoms with E-state index in [4.69, 9.17) is 5.73 Å². The fourth-order valence-electron chi connectivity index (χ4n) is 2.53. The number of hydrogen-bond acceptors (Lipinski definition) is 4. The maximum atomic E-state index is 12.2. The van der Waals surface area contributed by atoms with E-state index in [9.17, 15) is 13.2 Å². The van der Waals surface area contributed by atoms with Crippen LogP contribution in [-0.4, -0.2) is 26.1 Å². The molecule has 1 aliphatic rings. The zero-order valence-electron chi connectivity index (χ0n) is 12.0. The molecular weight excluding hydrogens is 312 g/mol. The Labute approximate surface area is 131 Å². The normalized spacial score (nSPS) is 17.0. The third-order valence-corrected chi connectivity index (χ3v) is 4.42. The predicted molar refractivity (Wildman–Crippen MR) is 86.3 cm³/mol. The Hall–Kier alpha value is -1.11. The highest BCUT2D eigenvalue weighted by Crippen LogP contribution is 2.28. The highest BCUT2D eigenvalue weighted by atomic mass is 35.5. The van der Waals surface area contributed by atoms with E-state index < -0.39 is 15.4 Å². The average Bonchev–Trinajstić information content (AvgIpc) is 2.76. The van der Waals surface area contributed by atoms with Crippen molar-refractivity contribution < 1.29 is 13.2 Å². The van der Waals surface area contributed by atoms with Crippen molar-refractivity contribution >= 4 is 33.8 Å². The molecule has 1 aromatic rings.